The third-order valence-electron chi connectivity index (χ3n) is 2.90. The van der Waals surface area contributed by atoms with Gasteiger partial charge in [0.05, 0.1) is 0 Å². The maximum absolute atomic E-state index is 11.5. The zero-order valence-electron chi connectivity index (χ0n) is 9.22. The van der Waals surface area contributed by atoms with Gasteiger partial charge >= 0.3 is 6.09 Å². The molecule has 0 aromatic rings. The first-order chi connectivity index (χ1) is 6.41. The molecular weight excluding hydrogens is 178 g/mol. The highest BCUT2D eigenvalue weighted by molar-refractivity contribution is 5.69. The molecule has 14 heavy (non-hydrogen) atoms. The summed E-state index contributed by atoms with van der Waals surface area (Å²) in [5, 5.41) is 3.02. The molecular formula is C11H19NO2. The van der Waals surface area contributed by atoms with Crippen LogP contribution in [0, 0.1) is 5.92 Å². The predicted octanol–water partition coefficient (Wildman–Crippen LogP) is 2.45. The van der Waals surface area contributed by atoms with Crippen LogP contribution in [0.1, 0.15) is 46.5 Å². The van der Waals surface area contributed by atoms with Crippen molar-refractivity contribution in [2.75, 3.05) is 0 Å². The highest BCUT2D eigenvalue weighted by Gasteiger charge is 2.55. The summed E-state index contributed by atoms with van der Waals surface area (Å²) in [6.07, 6.45) is 4.57. The van der Waals surface area contributed by atoms with Crippen molar-refractivity contribution in [3.8, 4) is 0 Å². The number of amides is 1. The SMILES string of the molecule is CC(C)(C)OC(=O)NC1(C2CC2)CC1. The molecule has 3 heteroatoms. The van der Waals surface area contributed by atoms with Crippen LogP contribution in [-0.2, 0) is 4.74 Å². The van der Waals surface area contributed by atoms with Crippen molar-refractivity contribution in [2.24, 2.45) is 5.92 Å². The second-order valence-corrected chi connectivity index (χ2v) is 5.56. The lowest BCUT2D eigenvalue weighted by atomic mass is 10.1. The van der Waals surface area contributed by atoms with Gasteiger partial charge in [-0.3, -0.25) is 0 Å². The van der Waals surface area contributed by atoms with E-state index >= 15 is 0 Å². The zero-order valence-corrected chi connectivity index (χ0v) is 9.22. The summed E-state index contributed by atoms with van der Waals surface area (Å²) >= 11 is 0. The van der Waals surface area contributed by atoms with Crippen LogP contribution < -0.4 is 5.32 Å². The highest BCUT2D eigenvalue weighted by atomic mass is 16.6. The third-order valence-corrected chi connectivity index (χ3v) is 2.90. The number of rotatable bonds is 2. The molecule has 80 valence electrons. The molecule has 0 saturated heterocycles. The topological polar surface area (TPSA) is 38.3 Å². The summed E-state index contributed by atoms with van der Waals surface area (Å²) in [5.41, 5.74) is -0.258. The van der Waals surface area contributed by atoms with Crippen LogP contribution in [0.25, 0.3) is 0 Å². The van der Waals surface area contributed by atoms with Crippen LogP contribution in [0.2, 0.25) is 0 Å². The fourth-order valence-corrected chi connectivity index (χ4v) is 1.91. The van der Waals surface area contributed by atoms with E-state index in [1.165, 1.54) is 12.8 Å². The summed E-state index contributed by atoms with van der Waals surface area (Å²) in [7, 11) is 0. The Morgan fingerprint density at radius 3 is 2.29 bits per heavy atom. The highest BCUT2D eigenvalue weighted by Crippen LogP contribution is 2.53. The monoisotopic (exact) mass is 197 g/mol. The molecule has 2 fully saturated rings. The lowest BCUT2D eigenvalue weighted by molar-refractivity contribution is 0.0489. The van der Waals surface area contributed by atoms with Crippen LogP contribution in [0.4, 0.5) is 4.79 Å². The van der Waals surface area contributed by atoms with E-state index in [1.54, 1.807) is 0 Å². The fourth-order valence-electron chi connectivity index (χ4n) is 1.91. The third kappa shape index (κ3) is 2.20. The second kappa shape index (κ2) is 2.88. The van der Waals surface area contributed by atoms with Crippen LogP contribution in [-0.4, -0.2) is 17.2 Å². The van der Waals surface area contributed by atoms with Gasteiger partial charge in [0.15, 0.2) is 0 Å². The summed E-state index contributed by atoms with van der Waals surface area (Å²) in [6, 6.07) is 0. The Bertz CT molecular complexity index is 247. The molecule has 0 aromatic heterocycles. The van der Waals surface area contributed by atoms with E-state index in [-0.39, 0.29) is 17.2 Å². The predicted molar refractivity (Wildman–Crippen MR) is 54.1 cm³/mol. The number of hydrogen-bond acceptors (Lipinski definition) is 2. The fraction of sp³-hybridized carbons (Fsp3) is 0.909. The van der Waals surface area contributed by atoms with E-state index in [9.17, 15) is 4.79 Å². The van der Waals surface area contributed by atoms with E-state index in [0.29, 0.717) is 0 Å². The number of hydrogen-bond donors (Lipinski definition) is 1. The van der Waals surface area contributed by atoms with Crippen molar-refractivity contribution in [1.82, 2.24) is 5.32 Å². The minimum absolute atomic E-state index is 0.127. The van der Waals surface area contributed by atoms with Gasteiger partial charge in [-0.25, -0.2) is 4.79 Å². The van der Waals surface area contributed by atoms with Gasteiger partial charge in [-0.1, -0.05) is 0 Å². The van der Waals surface area contributed by atoms with Gasteiger partial charge in [0.25, 0.3) is 0 Å². The van der Waals surface area contributed by atoms with E-state index in [0.717, 1.165) is 18.8 Å². The number of ether oxygens (including phenoxy) is 1. The Morgan fingerprint density at radius 2 is 1.93 bits per heavy atom. The van der Waals surface area contributed by atoms with Crippen molar-refractivity contribution in [3.05, 3.63) is 0 Å². The van der Waals surface area contributed by atoms with Gasteiger partial charge in [0.1, 0.15) is 5.60 Å². The molecule has 0 heterocycles. The minimum atomic E-state index is -0.385. The maximum Gasteiger partial charge on any atom is 0.408 e. The lowest BCUT2D eigenvalue weighted by Crippen LogP contribution is -2.41. The van der Waals surface area contributed by atoms with E-state index in [4.69, 9.17) is 4.74 Å². The molecule has 2 aliphatic rings. The lowest BCUT2D eigenvalue weighted by Gasteiger charge is -2.23. The Hall–Kier alpha value is -0.730. The molecule has 0 atom stereocenters. The van der Waals surface area contributed by atoms with Crippen LogP contribution in [0.15, 0.2) is 0 Å². The molecule has 0 unspecified atom stereocenters. The summed E-state index contributed by atoms with van der Waals surface area (Å²) < 4.78 is 5.24. The first-order valence-electron chi connectivity index (χ1n) is 5.42. The van der Waals surface area contributed by atoms with Crippen LogP contribution >= 0.6 is 0 Å². The minimum Gasteiger partial charge on any atom is -0.444 e. The number of carbonyl (C=O) groups excluding carboxylic acids is 1. The number of nitrogens with one attached hydrogen (secondary N) is 1. The quantitative estimate of drug-likeness (QED) is 0.738. The Labute approximate surface area is 85.2 Å². The molecule has 0 aliphatic heterocycles. The molecule has 2 rings (SSSR count). The number of alkyl carbamates (subject to hydrolysis) is 1. The Morgan fingerprint density at radius 1 is 1.36 bits per heavy atom. The summed E-state index contributed by atoms with van der Waals surface area (Å²) in [6.45, 7) is 5.68. The maximum atomic E-state index is 11.5. The second-order valence-electron chi connectivity index (χ2n) is 5.56. The van der Waals surface area contributed by atoms with Crippen molar-refractivity contribution >= 4 is 6.09 Å². The summed E-state index contributed by atoms with van der Waals surface area (Å²) in [4.78, 5) is 11.5. The van der Waals surface area contributed by atoms with Gasteiger partial charge in [0, 0.05) is 5.54 Å². The first kappa shape index (κ1) is 9.81. The molecule has 3 nitrogen and oxygen atoms in total. The average Bonchev–Trinajstić information content (AvgIpc) is 2.75. The average molecular weight is 197 g/mol. The molecule has 2 saturated carbocycles. The van der Waals surface area contributed by atoms with Gasteiger partial charge < -0.3 is 10.1 Å². The molecule has 0 bridgehead atoms. The Balaban J connectivity index is 1.82. The molecule has 0 radical (unpaired) electrons. The molecule has 1 amide bonds. The normalized spacial score (nSPS) is 24.2. The van der Waals surface area contributed by atoms with Crippen molar-refractivity contribution in [1.29, 1.82) is 0 Å². The standard InChI is InChI=1S/C11H19NO2/c1-10(2,3)14-9(13)12-11(6-7-11)8-4-5-8/h8H,4-7H2,1-3H3,(H,12,13). The van der Waals surface area contributed by atoms with Crippen molar-refractivity contribution in [3.63, 3.8) is 0 Å². The van der Waals surface area contributed by atoms with Crippen LogP contribution in [0.3, 0.4) is 0 Å². The molecule has 0 aromatic carbocycles. The zero-order chi connectivity index (χ0) is 10.4. The molecule has 1 N–H and O–H groups in total. The molecule has 2 aliphatic carbocycles. The summed E-state index contributed by atoms with van der Waals surface area (Å²) in [5.74, 6) is 0.731. The van der Waals surface area contributed by atoms with Crippen LogP contribution in [0.5, 0.6) is 0 Å². The van der Waals surface area contributed by atoms with E-state index in [1.807, 2.05) is 20.8 Å². The van der Waals surface area contributed by atoms with Gasteiger partial charge in [-0.2, -0.15) is 0 Å². The van der Waals surface area contributed by atoms with Gasteiger partial charge in [-0.15, -0.1) is 0 Å². The number of carbonyl (C=O) groups is 1. The van der Waals surface area contributed by atoms with Crippen molar-refractivity contribution < 1.29 is 9.53 Å². The van der Waals surface area contributed by atoms with Gasteiger partial charge in [0.2, 0.25) is 0 Å². The van der Waals surface area contributed by atoms with E-state index < -0.39 is 0 Å². The van der Waals surface area contributed by atoms with Crippen molar-refractivity contribution in [2.45, 2.75) is 57.6 Å². The van der Waals surface area contributed by atoms with E-state index in [2.05, 4.69) is 5.32 Å². The smallest absolute Gasteiger partial charge is 0.408 e. The first-order valence-corrected chi connectivity index (χ1v) is 5.42. The molecule has 0 spiro atoms. The van der Waals surface area contributed by atoms with Gasteiger partial charge in [-0.05, 0) is 52.4 Å². The Kier molecular flexibility index (Phi) is 2.02. The largest absolute Gasteiger partial charge is 0.444 e.